The highest BCUT2D eigenvalue weighted by atomic mass is 16.5. The second-order valence-electron chi connectivity index (χ2n) is 10.5. The minimum Gasteiger partial charge on any atom is -0.497 e. The van der Waals surface area contributed by atoms with E-state index >= 15 is 0 Å². The number of benzene rings is 3. The summed E-state index contributed by atoms with van der Waals surface area (Å²) in [7, 11) is 1.60. The number of carbonyl (C=O) groups is 2. The lowest BCUT2D eigenvalue weighted by molar-refractivity contribution is -0.140. The van der Waals surface area contributed by atoms with Crippen LogP contribution >= 0.6 is 0 Å². The lowest BCUT2D eigenvalue weighted by Crippen LogP contribution is -2.43. The average Bonchev–Trinajstić information content (AvgIpc) is 3.48. The number of amides is 2. The van der Waals surface area contributed by atoms with Crippen LogP contribution in [0.4, 0.5) is 0 Å². The maximum atomic E-state index is 13.9. The van der Waals surface area contributed by atoms with Crippen LogP contribution in [-0.4, -0.2) is 46.8 Å². The van der Waals surface area contributed by atoms with Crippen molar-refractivity contribution in [2.75, 3.05) is 20.3 Å². The Morgan fingerprint density at radius 1 is 0.932 bits per heavy atom. The van der Waals surface area contributed by atoms with E-state index in [4.69, 9.17) is 14.6 Å². The summed E-state index contributed by atoms with van der Waals surface area (Å²) in [5.41, 5.74) is 4.55. The van der Waals surface area contributed by atoms with E-state index in [0.717, 1.165) is 46.1 Å². The van der Waals surface area contributed by atoms with Crippen molar-refractivity contribution in [2.24, 2.45) is 0 Å². The molecule has 1 aromatic heterocycles. The molecule has 0 fully saturated rings. The molecular formula is C36H34N4O4. The predicted octanol–water partition coefficient (Wildman–Crippen LogP) is 6.56. The molecule has 0 aliphatic carbocycles. The van der Waals surface area contributed by atoms with Crippen LogP contribution in [0.2, 0.25) is 0 Å². The molecule has 0 atom stereocenters. The summed E-state index contributed by atoms with van der Waals surface area (Å²) in [6.07, 6.45) is 6.06. The Hall–Kier alpha value is -5.42. The van der Waals surface area contributed by atoms with Crippen LogP contribution in [0.15, 0.2) is 102 Å². The minimum atomic E-state index is -0.584. The number of unbranched alkanes of at least 4 members (excludes halogenated alkanes) is 1. The van der Waals surface area contributed by atoms with E-state index in [1.165, 1.54) is 0 Å². The Bertz CT molecular complexity index is 1740. The number of nitriles is 1. The molecule has 44 heavy (non-hydrogen) atoms. The summed E-state index contributed by atoms with van der Waals surface area (Å²) in [5, 5.41) is 14.8. The van der Waals surface area contributed by atoms with Gasteiger partial charge in [-0.2, -0.15) is 10.4 Å². The second kappa shape index (κ2) is 13.7. The Morgan fingerprint density at radius 2 is 1.64 bits per heavy atom. The van der Waals surface area contributed by atoms with Crippen LogP contribution in [0.25, 0.3) is 23.0 Å². The van der Waals surface area contributed by atoms with Crippen LogP contribution in [0.3, 0.4) is 0 Å². The highest BCUT2D eigenvalue weighted by molar-refractivity contribution is 6.19. The zero-order chi connectivity index (χ0) is 31.1. The van der Waals surface area contributed by atoms with Crippen LogP contribution in [0, 0.1) is 11.3 Å². The molecule has 0 saturated carbocycles. The molecule has 2 heterocycles. The van der Waals surface area contributed by atoms with E-state index in [0.29, 0.717) is 29.9 Å². The number of aromatic nitrogens is 2. The van der Waals surface area contributed by atoms with Gasteiger partial charge in [0.1, 0.15) is 23.1 Å². The number of imide groups is 1. The van der Waals surface area contributed by atoms with Gasteiger partial charge in [0.25, 0.3) is 11.8 Å². The number of carbonyl (C=O) groups excluding carboxylic acids is 2. The van der Waals surface area contributed by atoms with Gasteiger partial charge in [0.2, 0.25) is 0 Å². The van der Waals surface area contributed by atoms with Crippen LogP contribution < -0.4 is 9.47 Å². The van der Waals surface area contributed by atoms with Gasteiger partial charge in [-0.05, 0) is 85.5 Å². The molecule has 3 aromatic carbocycles. The SMILES string of the molecule is CCCCOc1ccc(-c2nn(-c3ccccc3)cc2/C=C2/C(=O)N(CCc3ccc(OC)cc3)C(=O)C(C#N)=C2C)cc1. The minimum absolute atomic E-state index is 0.0452. The third-order valence-corrected chi connectivity index (χ3v) is 7.57. The van der Waals surface area contributed by atoms with Gasteiger partial charge < -0.3 is 9.47 Å². The van der Waals surface area contributed by atoms with Crippen LogP contribution in [0.1, 0.15) is 37.8 Å². The maximum Gasteiger partial charge on any atom is 0.271 e. The number of para-hydroxylation sites is 1. The van der Waals surface area contributed by atoms with Gasteiger partial charge in [0, 0.05) is 29.4 Å². The van der Waals surface area contributed by atoms with Crippen LogP contribution in [-0.2, 0) is 16.0 Å². The van der Waals surface area contributed by atoms with Crippen molar-refractivity contribution in [1.29, 1.82) is 5.26 Å². The third-order valence-electron chi connectivity index (χ3n) is 7.57. The zero-order valence-corrected chi connectivity index (χ0v) is 25.1. The molecule has 0 unspecified atom stereocenters. The lowest BCUT2D eigenvalue weighted by atomic mass is 9.93. The molecule has 0 N–H and O–H groups in total. The van der Waals surface area contributed by atoms with E-state index in [1.807, 2.05) is 91.1 Å². The van der Waals surface area contributed by atoms with E-state index in [1.54, 1.807) is 24.8 Å². The number of hydrogen-bond acceptors (Lipinski definition) is 6. The highest BCUT2D eigenvalue weighted by Crippen LogP contribution is 2.32. The second-order valence-corrected chi connectivity index (χ2v) is 10.5. The number of hydrogen-bond donors (Lipinski definition) is 0. The monoisotopic (exact) mass is 586 g/mol. The molecule has 8 nitrogen and oxygen atoms in total. The van der Waals surface area contributed by atoms with Crippen molar-refractivity contribution in [3.8, 4) is 34.5 Å². The van der Waals surface area contributed by atoms with E-state index in [9.17, 15) is 14.9 Å². The van der Waals surface area contributed by atoms with Crippen molar-refractivity contribution >= 4 is 17.9 Å². The molecular weight excluding hydrogens is 552 g/mol. The molecule has 1 aliphatic rings. The zero-order valence-electron chi connectivity index (χ0n) is 25.1. The molecule has 0 bridgehead atoms. The van der Waals surface area contributed by atoms with Crippen molar-refractivity contribution in [2.45, 2.75) is 33.1 Å². The first-order valence-corrected chi connectivity index (χ1v) is 14.6. The first-order valence-electron chi connectivity index (χ1n) is 14.6. The largest absolute Gasteiger partial charge is 0.497 e. The van der Waals surface area contributed by atoms with Gasteiger partial charge in [-0.3, -0.25) is 14.5 Å². The fraction of sp³-hybridized carbons (Fsp3) is 0.222. The summed E-state index contributed by atoms with van der Waals surface area (Å²) in [4.78, 5) is 28.3. The summed E-state index contributed by atoms with van der Waals surface area (Å²) < 4.78 is 12.8. The third kappa shape index (κ3) is 6.47. The quantitative estimate of drug-likeness (QED) is 0.112. The van der Waals surface area contributed by atoms with E-state index < -0.39 is 11.8 Å². The maximum absolute atomic E-state index is 13.9. The summed E-state index contributed by atoms with van der Waals surface area (Å²) in [6.45, 7) is 4.55. The molecule has 1 aliphatic heterocycles. The number of methoxy groups -OCH3 is 1. The van der Waals surface area contributed by atoms with Crippen molar-refractivity contribution in [3.05, 3.63) is 113 Å². The smallest absolute Gasteiger partial charge is 0.271 e. The normalized spacial score (nSPS) is 14.2. The predicted molar refractivity (Wildman–Crippen MR) is 169 cm³/mol. The molecule has 222 valence electrons. The molecule has 5 rings (SSSR count). The number of nitrogens with zero attached hydrogens (tertiary/aromatic N) is 4. The van der Waals surface area contributed by atoms with Crippen molar-refractivity contribution < 1.29 is 19.1 Å². The molecule has 4 aromatic rings. The standard InChI is InChI=1S/C36H34N4O4/c1-4-5-21-44-31-17-13-27(14-18-31)34-28(24-40(38-34)29-9-7-6-8-10-29)22-32-25(2)33(23-37)36(42)39(35(32)41)20-19-26-11-15-30(43-3)16-12-26/h6-18,22,24H,4-5,19-21H2,1-3H3/b32-22+. The Kier molecular flexibility index (Phi) is 9.36. The topological polar surface area (TPSA) is 97.4 Å². The number of ether oxygens (including phenoxy) is 2. The van der Waals surface area contributed by atoms with Gasteiger partial charge in [-0.1, -0.05) is 43.7 Å². The van der Waals surface area contributed by atoms with E-state index in [2.05, 4.69) is 6.92 Å². The van der Waals surface area contributed by atoms with Crippen molar-refractivity contribution in [1.82, 2.24) is 14.7 Å². The molecule has 2 amide bonds. The average molecular weight is 587 g/mol. The molecule has 0 radical (unpaired) electrons. The molecule has 8 heteroatoms. The fourth-order valence-electron chi connectivity index (χ4n) is 5.00. The van der Waals surface area contributed by atoms with Gasteiger partial charge in [-0.25, -0.2) is 4.68 Å². The Morgan fingerprint density at radius 3 is 2.30 bits per heavy atom. The van der Waals surface area contributed by atoms with Gasteiger partial charge in [0.15, 0.2) is 0 Å². The first-order chi connectivity index (χ1) is 21.4. The Labute approximate surface area is 257 Å². The van der Waals surface area contributed by atoms with Crippen LogP contribution in [0.5, 0.6) is 11.5 Å². The summed E-state index contributed by atoms with van der Waals surface area (Å²) >= 11 is 0. The van der Waals surface area contributed by atoms with E-state index in [-0.39, 0.29) is 17.7 Å². The fourth-order valence-corrected chi connectivity index (χ4v) is 5.00. The Balaban J connectivity index is 1.52. The molecule has 0 spiro atoms. The molecule has 0 saturated heterocycles. The van der Waals surface area contributed by atoms with Gasteiger partial charge in [-0.15, -0.1) is 0 Å². The van der Waals surface area contributed by atoms with Crippen molar-refractivity contribution in [3.63, 3.8) is 0 Å². The lowest BCUT2D eigenvalue weighted by Gasteiger charge is -2.27. The highest BCUT2D eigenvalue weighted by Gasteiger charge is 2.35. The summed E-state index contributed by atoms with van der Waals surface area (Å²) in [6, 6.07) is 26.9. The summed E-state index contributed by atoms with van der Waals surface area (Å²) in [5.74, 6) is 0.466. The first kappa shape index (κ1) is 30.1. The van der Waals surface area contributed by atoms with Gasteiger partial charge in [0.05, 0.1) is 25.1 Å². The van der Waals surface area contributed by atoms with Gasteiger partial charge >= 0.3 is 0 Å². The number of rotatable bonds is 11.